The molecule has 0 aliphatic rings. The van der Waals surface area contributed by atoms with Gasteiger partial charge in [0.15, 0.2) is 5.82 Å². The normalized spacial score (nSPS) is 12.0. The number of hydrogen-bond donors (Lipinski definition) is 1. The fourth-order valence-electron chi connectivity index (χ4n) is 3.90. The van der Waals surface area contributed by atoms with Crippen molar-refractivity contribution in [1.29, 1.82) is 0 Å². The lowest BCUT2D eigenvalue weighted by atomic mass is 10.2. The number of aromatic nitrogens is 1. The first kappa shape index (κ1) is 35.4. The van der Waals surface area contributed by atoms with Crippen molar-refractivity contribution in [2.75, 3.05) is 41.7 Å². The molecule has 0 aliphatic heterocycles. The second-order valence-electron chi connectivity index (χ2n) is 12.3. The summed E-state index contributed by atoms with van der Waals surface area (Å²) in [7, 11) is -1.46. The molecule has 1 heterocycles. The number of hydrogen-bond acceptors (Lipinski definition) is 10. The van der Waals surface area contributed by atoms with Crippen LogP contribution in [0, 0.1) is 12.7 Å². The number of sulfonamides is 1. The van der Waals surface area contributed by atoms with Crippen LogP contribution in [0.15, 0.2) is 51.9 Å². The topological polar surface area (TPSA) is 135 Å². The molecule has 3 rings (SSSR count). The number of halogens is 2. The highest BCUT2D eigenvalue weighted by Crippen LogP contribution is 2.36. The first-order valence-corrected chi connectivity index (χ1v) is 15.7. The number of para-hydroxylation sites is 2. The number of rotatable bonds is 9. The molecule has 0 atom stereocenters. The number of likely N-dealkylation sites (N-methyl/N-ethyl adjacent to an activating group) is 2. The van der Waals surface area contributed by atoms with E-state index in [1.54, 1.807) is 60.7 Å². The molecule has 15 heteroatoms. The van der Waals surface area contributed by atoms with E-state index < -0.39 is 49.9 Å². The Labute approximate surface area is 268 Å². The molecule has 0 fully saturated rings. The predicted octanol–water partition coefficient (Wildman–Crippen LogP) is 6.95. The van der Waals surface area contributed by atoms with Gasteiger partial charge in [0.1, 0.15) is 27.7 Å². The molecular formula is C30H39ClFN5O7S. The van der Waals surface area contributed by atoms with Gasteiger partial charge < -0.3 is 29.1 Å². The molecule has 0 radical (unpaired) electrons. The van der Waals surface area contributed by atoms with Crippen molar-refractivity contribution in [2.45, 2.75) is 64.6 Å². The van der Waals surface area contributed by atoms with Gasteiger partial charge in [0.05, 0.1) is 22.1 Å². The lowest BCUT2D eigenvalue weighted by Crippen LogP contribution is -2.41. The number of amides is 2. The minimum Gasteiger partial charge on any atom is -0.444 e. The summed E-state index contributed by atoms with van der Waals surface area (Å²) < 4.78 is 58.9. The van der Waals surface area contributed by atoms with Crippen LogP contribution in [0.3, 0.4) is 0 Å². The Hall–Kier alpha value is -4.04. The van der Waals surface area contributed by atoms with E-state index in [0.29, 0.717) is 24.5 Å². The Bertz CT molecular complexity index is 1650. The van der Waals surface area contributed by atoms with Gasteiger partial charge in [-0.2, -0.15) is 0 Å². The molecule has 0 aliphatic carbocycles. The van der Waals surface area contributed by atoms with E-state index in [0.717, 1.165) is 12.1 Å². The van der Waals surface area contributed by atoms with Crippen molar-refractivity contribution in [3.63, 3.8) is 0 Å². The Morgan fingerprint density at radius 1 is 0.956 bits per heavy atom. The molecule has 45 heavy (non-hydrogen) atoms. The molecule has 3 aromatic rings. The van der Waals surface area contributed by atoms with Crippen molar-refractivity contribution in [3.05, 3.63) is 59.1 Å². The highest BCUT2D eigenvalue weighted by atomic mass is 35.5. The summed E-state index contributed by atoms with van der Waals surface area (Å²) >= 11 is 6.49. The summed E-state index contributed by atoms with van der Waals surface area (Å²) in [5.74, 6) is -1.37. The monoisotopic (exact) mass is 667 g/mol. The minimum atomic E-state index is -4.91. The molecule has 0 saturated carbocycles. The minimum absolute atomic E-state index is 0.0703. The van der Waals surface area contributed by atoms with E-state index in [1.807, 2.05) is 24.1 Å². The third-order valence-electron chi connectivity index (χ3n) is 5.98. The van der Waals surface area contributed by atoms with Gasteiger partial charge in [0.25, 0.3) is 10.0 Å². The Kier molecular flexibility index (Phi) is 10.7. The number of ether oxygens (including phenoxy) is 2. The summed E-state index contributed by atoms with van der Waals surface area (Å²) in [5.41, 5.74) is -0.397. The second-order valence-corrected chi connectivity index (χ2v) is 14.4. The van der Waals surface area contributed by atoms with Crippen LogP contribution in [-0.4, -0.2) is 69.0 Å². The quantitative estimate of drug-likeness (QED) is 0.255. The molecule has 0 bridgehead atoms. The van der Waals surface area contributed by atoms with Crippen LogP contribution in [0.4, 0.5) is 36.9 Å². The zero-order valence-corrected chi connectivity index (χ0v) is 28.3. The molecule has 1 N–H and O–H groups in total. The summed E-state index contributed by atoms with van der Waals surface area (Å²) in [4.78, 5) is 27.8. The van der Waals surface area contributed by atoms with Gasteiger partial charge in [0.2, 0.25) is 0 Å². The maximum absolute atomic E-state index is 15.6. The van der Waals surface area contributed by atoms with Gasteiger partial charge in [0, 0.05) is 39.3 Å². The molecule has 0 unspecified atom stereocenters. The van der Waals surface area contributed by atoms with Crippen molar-refractivity contribution >= 4 is 56.7 Å². The maximum atomic E-state index is 15.6. The van der Waals surface area contributed by atoms with Gasteiger partial charge in [-0.1, -0.05) is 28.9 Å². The number of carbonyl (C=O) groups is 2. The van der Waals surface area contributed by atoms with Gasteiger partial charge >= 0.3 is 12.2 Å². The number of aryl methyl sites for hydroxylation is 1. The Morgan fingerprint density at radius 3 is 2.13 bits per heavy atom. The number of anilines is 4. The average molecular weight is 668 g/mol. The molecule has 12 nitrogen and oxygen atoms in total. The number of benzene rings is 2. The number of nitrogens with one attached hydrogen (secondary N) is 1. The first-order chi connectivity index (χ1) is 20.7. The molecule has 246 valence electrons. The van der Waals surface area contributed by atoms with E-state index in [9.17, 15) is 18.0 Å². The van der Waals surface area contributed by atoms with E-state index in [-0.39, 0.29) is 20.8 Å². The van der Waals surface area contributed by atoms with Gasteiger partial charge in [-0.3, -0.25) is 0 Å². The average Bonchev–Trinajstić information content (AvgIpc) is 3.32. The third kappa shape index (κ3) is 9.24. The van der Waals surface area contributed by atoms with Gasteiger partial charge in [-0.15, -0.1) is 4.31 Å². The highest BCUT2D eigenvalue weighted by molar-refractivity contribution is 7.93. The first-order valence-electron chi connectivity index (χ1n) is 13.9. The Balaban J connectivity index is 1.89. The van der Waals surface area contributed by atoms with Crippen LogP contribution in [0.2, 0.25) is 5.02 Å². The number of nitrogens with zero attached hydrogens (tertiary/aromatic N) is 4. The van der Waals surface area contributed by atoms with Crippen LogP contribution >= 0.6 is 11.6 Å². The van der Waals surface area contributed by atoms with Gasteiger partial charge in [-0.05, 0) is 66.7 Å². The fraction of sp³-hybridized carbons (Fsp3) is 0.433. The second kappa shape index (κ2) is 13.5. The molecular weight excluding hydrogens is 629 g/mol. The van der Waals surface area contributed by atoms with E-state index in [1.165, 1.54) is 17.9 Å². The van der Waals surface area contributed by atoms with Crippen molar-refractivity contribution < 1.29 is 36.4 Å². The summed E-state index contributed by atoms with van der Waals surface area (Å²) in [6.07, 6.45) is -1.76. The Morgan fingerprint density at radius 2 is 1.56 bits per heavy atom. The van der Waals surface area contributed by atoms with E-state index >= 15 is 4.39 Å². The number of carbonyl (C=O) groups excluding carboxylic acids is 2. The van der Waals surface area contributed by atoms with E-state index in [2.05, 4.69) is 10.5 Å². The largest absolute Gasteiger partial charge is 0.444 e. The third-order valence-corrected chi connectivity index (χ3v) is 7.98. The summed E-state index contributed by atoms with van der Waals surface area (Å²) in [5, 5.41) is 6.54. The summed E-state index contributed by atoms with van der Waals surface area (Å²) in [6.45, 7) is 12.3. The lowest BCUT2D eigenvalue weighted by molar-refractivity contribution is 0.0303. The molecule has 0 saturated heterocycles. The standard InChI is InChI=1S/C30H39ClFN5O7S/c1-19-16-26(34-44-19)37(28(39)43-30(5,6)7)45(40,41)25-17-20(31)23(18-21(25)32)33-22-12-10-11-13-24(22)35(8)14-15-36(9)27(38)42-29(2,3)4/h10-13,16-18,33H,14-15H2,1-9H3. The van der Waals surface area contributed by atoms with Crippen molar-refractivity contribution in [2.24, 2.45) is 0 Å². The van der Waals surface area contributed by atoms with E-state index in [4.69, 9.17) is 25.6 Å². The highest BCUT2D eigenvalue weighted by Gasteiger charge is 2.39. The smallest absolute Gasteiger partial charge is 0.430 e. The molecule has 1 aromatic heterocycles. The fourth-order valence-corrected chi connectivity index (χ4v) is 5.51. The van der Waals surface area contributed by atoms with Crippen LogP contribution in [-0.2, 0) is 19.5 Å². The van der Waals surface area contributed by atoms with Crippen LogP contribution < -0.4 is 14.5 Å². The van der Waals surface area contributed by atoms with Crippen LogP contribution in [0.5, 0.6) is 0 Å². The molecule has 0 spiro atoms. The predicted molar refractivity (Wildman–Crippen MR) is 170 cm³/mol. The zero-order valence-electron chi connectivity index (χ0n) is 26.8. The van der Waals surface area contributed by atoms with Crippen LogP contribution in [0.1, 0.15) is 47.3 Å². The molecule has 2 aromatic carbocycles. The van der Waals surface area contributed by atoms with Crippen LogP contribution in [0.25, 0.3) is 0 Å². The van der Waals surface area contributed by atoms with Crippen molar-refractivity contribution in [3.8, 4) is 0 Å². The molecule has 2 amide bonds. The van der Waals surface area contributed by atoms with Gasteiger partial charge in [-0.25, -0.2) is 22.4 Å². The zero-order chi connectivity index (χ0) is 33.9. The SMILES string of the molecule is Cc1cc(N(C(=O)OC(C)(C)C)S(=O)(=O)c2cc(Cl)c(Nc3ccccc3N(C)CCN(C)C(=O)OC(C)(C)C)cc2F)no1. The van der Waals surface area contributed by atoms with Crippen molar-refractivity contribution in [1.82, 2.24) is 10.1 Å². The lowest BCUT2D eigenvalue weighted by Gasteiger charge is -2.28. The maximum Gasteiger partial charge on any atom is 0.430 e. The summed E-state index contributed by atoms with van der Waals surface area (Å²) in [6, 6.07) is 10.1.